The van der Waals surface area contributed by atoms with Crippen molar-refractivity contribution in [3.8, 4) is 16.9 Å². The molecule has 37 heavy (non-hydrogen) atoms. The van der Waals surface area contributed by atoms with Crippen molar-refractivity contribution in [3.05, 3.63) is 84.6 Å². The second kappa shape index (κ2) is 10.2. The number of rotatable bonds is 6. The minimum atomic E-state index is -0.228. The molecule has 3 heterocycles. The number of nitrogens with two attached hydrogens (primary N) is 1. The van der Waals surface area contributed by atoms with Crippen molar-refractivity contribution in [2.75, 3.05) is 43.4 Å². The van der Waals surface area contributed by atoms with Crippen LogP contribution in [0.5, 0.6) is 0 Å². The minimum absolute atomic E-state index is 0.228. The van der Waals surface area contributed by atoms with Crippen LogP contribution in [0.15, 0.2) is 67.9 Å². The first-order valence-electron chi connectivity index (χ1n) is 12.0. The second-order valence-corrected chi connectivity index (χ2v) is 9.22. The highest BCUT2D eigenvalue weighted by molar-refractivity contribution is 6.05. The Labute approximate surface area is 215 Å². The van der Waals surface area contributed by atoms with Crippen LogP contribution in [-0.2, 0) is 0 Å². The molecule has 5 rings (SSSR count). The topological polar surface area (TPSA) is 118 Å². The van der Waals surface area contributed by atoms with E-state index in [2.05, 4.69) is 49.0 Å². The molecule has 4 aromatic rings. The van der Waals surface area contributed by atoms with Crippen molar-refractivity contribution >= 4 is 23.0 Å². The van der Waals surface area contributed by atoms with E-state index in [4.69, 9.17) is 5.73 Å². The maximum atomic E-state index is 13.3. The molecule has 1 aliphatic rings. The predicted molar refractivity (Wildman–Crippen MR) is 144 cm³/mol. The summed E-state index contributed by atoms with van der Waals surface area (Å²) in [4.78, 5) is 26.0. The van der Waals surface area contributed by atoms with Crippen LogP contribution in [-0.4, -0.2) is 69.0 Å². The van der Waals surface area contributed by atoms with Gasteiger partial charge in [0.05, 0.1) is 11.9 Å². The van der Waals surface area contributed by atoms with E-state index in [0.717, 1.165) is 54.2 Å². The lowest BCUT2D eigenvalue weighted by atomic mass is 10.1. The van der Waals surface area contributed by atoms with Crippen LogP contribution in [0, 0.1) is 6.92 Å². The number of hydrogen-bond donors (Lipinski definition) is 2. The SMILES string of the molecule is C=C(N)c1cc(C(=O)Nc2ccc(C)c(-n3cc(-c4cncnc4)nn3)c2)cc(N2CCN(C)CC2)c1. The standard InChI is InChI=1S/C27H29N9O/c1-18-4-5-23(13-26(18)36-16-25(32-33-36)22-14-29-17-30-15-22)31-27(37)21-10-20(19(2)28)11-24(12-21)35-8-6-34(3)7-9-35/h4-5,10-17H,2,6-9,28H2,1,3H3,(H,31,37). The Morgan fingerprint density at radius 3 is 2.49 bits per heavy atom. The summed E-state index contributed by atoms with van der Waals surface area (Å²) in [5, 5.41) is 11.5. The zero-order valence-electron chi connectivity index (χ0n) is 20.9. The van der Waals surface area contributed by atoms with Gasteiger partial charge in [0.25, 0.3) is 5.91 Å². The molecule has 1 amide bonds. The number of nitrogens with zero attached hydrogens (tertiary/aromatic N) is 7. The van der Waals surface area contributed by atoms with Gasteiger partial charge >= 0.3 is 0 Å². The number of aromatic nitrogens is 5. The van der Waals surface area contributed by atoms with E-state index >= 15 is 0 Å². The Bertz CT molecular complexity index is 1440. The largest absolute Gasteiger partial charge is 0.399 e. The van der Waals surface area contributed by atoms with Gasteiger partial charge < -0.3 is 20.9 Å². The van der Waals surface area contributed by atoms with Crippen molar-refractivity contribution in [1.82, 2.24) is 29.9 Å². The normalized spacial score (nSPS) is 13.9. The molecule has 0 aliphatic carbocycles. The number of nitrogens with one attached hydrogen (secondary N) is 1. The van der Waals surface area contributed by atoms with E-state index in [9.17, 15) is 4.79 Å². The van der Waals surface area contributed by atoms with E-state index in [1.54, 1.807) is 23.1 Å². The molecule has 0 bridgehead atoms. The quantitative estimate of drug-likeness (QED) is 0.419. The number of aryl methyl sites for hydroxylation is 1. The van der Waals surface area contributed by atoms with Crippen LogP contribution < -0.4 is 16.0 Å². The predicted octanol–water partition coefficient (Wildman–Crippen LogP) is 2.97. The van der Waals surface area contributed by atoms with Crippen molar-refractivity contribution < 1.29 is 4.79 Å². The molecule has 3 N–H and O–H groups in total. The second-order valence-electron chi connectivity index (χ2n) is 9.22. The summed E-state index contributed by atoms with van der Waals surface area (Å²) in [6.07, 6.45) is 6.65. The average Bonchev–Trinajstić information content (AvgIpc) is 3.40. The maximum absolute atomic E-state index is 13.3. The Morgan fingerprint density at radius 1 is 1.03 bits per heavy atom. The van der Waals surface area contributed by atoms with Crippen molar-refractivity contribution in [3.63, 3.8) is 0 Å². The van der Waals surface area contributed by atoms with Gasteiger partial charge in [0.2, 0.25) is 0 Å². The van der Waals surface area contributed by atoms with Crippen LogP contribution in [0.3, 0.4) is 0 Å². The molecular formula is C27H29N9O. The molecule has 188 valence electrons. The zero-order chi connectivity index (χ0) is 25.9. The minimum Gasteiger partial charge on any atom is -0.399 e. The summed E-state index contributed by atoms with van der Waals surface area (Å²) < 4.78 is 1.68. The van der Waals surface area contributed by atoms with Gasteiger partial charge in [0.15, 0.2) is 0 Å². The molecule has 10 heteroatoms. The van der Waals surface area contributed by atoms with Crippen molar-refractivity contribution in [2.45, 2.75) is 6.92 Å². The van der Waals surface area contributed by atoms with Gasteiger partial charge in [-0.1, -0.05) is 17.9 Å². The maximum Gasteiger partial charge on any atom is 0.255 e. The first-order chi connectivity index (χ1) is 17.9. The highest BCUT2D eigenvalue weighted by atomic mass is 16.1. The van der Waals surface area contributed by atoms with Gasteiger partial charge in [0.1, 0.15) is 12.0 Å². The summed E-state index contributed by atoms with van der Waals surface area (Å²) in [6, 6.07) is 11.4. The highest BCUT2D eigenvalue weighted by Crippen LogP contribution is 2.25. The van der Waals surface area contributed by atoms with Crippen molar-refractivity contribution in [2.24, 2.45) is 5.73 Å². The molecular weight excluding hydrogens is 466 g/mol. The summed E-state index contributed by atoms with van der Waals surface area (Å²) in [6.45, 7) is 9.55. The number of amides is 1. The molecule has 0 saturated carbocycles. The van der Waals surface area contributed by atoms with Gasteiger partial charge in [-0.15, -0.1) is 5.10 Å². The molecule has 1 aliphatic heterocycles. The average molecular weight is 496 g/mol. The van der Waals surface area contributed by atoms with Gasteiger partial charge in [-0.2, -0.15) is 0 Å². The Hall–Kier alpha value is -4.57. The monoisotopic (exact) mass is 495 g/mol. The number of hydrogen-bond acceptors (Lipinski definition) is 8. The van der Waals surface area contributed by atoms with Crippen LogP contribution in [0.2, 0.25) is 0 Å². The Morgan fingerprint density at radius 2 is 1.76 bits per heavy atom. The van der Waals surface area contributed by atoms with E-state index in [-0.39, 0.29) is 5.91 Å². The van der Waals surface area contributed by atoms with Crippen molar-refractivity contribution in [1.29, 1.82) is 0 Å². The summed E-state index contributed by atoms with van der Waals surface area (Å²) >= 11 is 0. The fraction of sp³-hybridized carbons (Fsp3) is 0.222. The first-order valence-corrected chi connectivity index (χ1v) is 12.0. The van der Waals surface area contributed by atoms with Gasteiger partial charge in [-0.3, -0.25) is 4.79 Å². The summed E-state index contributed by atoms with van der Waals surface area (Å²) in [5.74, 6) is -0.228. The summed E-state index contributed by atoms with van der Waals surface area (Å²) in [7, 11) is 2.11. The van der Waals surface area contributed by atoms with E-state index in [1.165, 1.54) is 6.33 Å². The molecule has 0 radical (unpaired) electrons. The first kappa shape index (κ1) is 24.1. The van der Waals surface area contributed by atoms with Crippen LogP contribution in [0.25, 0.3) is 22.6 Å². The Kier molecular flexibility index (Phi) is 6.65. The molecule has 2 aromatic heterocycles. The zero-order valence-corrected chi connectivity index (χ0v) is 20.9. The van der Waals surface area contributed by atoms with Gasteiger partial charge in [0, 0.05) is 66.8 Å². The van der Waals surface area contributed by atoms with Crippen LogP contribution >= 0.6 is 0 Å². The third-order valence-electron chi connectivity index (χ3n) is 6.48. The van der Waals surface area contributed by atoms with Gasteiger partial charge in [-0.25, -0.2) is 14.6 Å². The molecule has 1 fully saturated rings. The molecule has 2 aromatic carbocycles. The number of piperazine rings is 1. The molecule has 0 spiro atoms. The van der Waals surface area contributed by atoms with Crippen LogP contribution in [0.4, 0.5) is 11.4 Å². The number of carbonyl (C=O) groups is 1. The lowest BCUT2D eigenvalue weighted by molar-refractivity contribution is 0.102. The molecule has 0 atom stereocenters. The molecule has 0 unspecified atom stereocenters. The highest BCUT2D eigenvalue weighted by Gasteiger charge is 2.18. The number of anilines is 2. The fourth-order valence-corrected chi connectivity index (χ4v) is 4.26. The third kappa shape index (κ3) is 5.34. The summed E-state index contributed by atoms with van der Waals surface area (Å²) in [5.41, 5.74) is 12.5. The van der Waals surface area contributed by atoms with Gasteiger partial charge in [-0.05, 0) is 55.4 Å². The lowest BCUT2D eigenvalue weighted by Gasteiger charge is -2.34. The molecule has 1 saturated heterocycles. The van der Waals surface area contributed by atoms with E-state index < -0.39 is 0 Å². The van der Waals surface area contributed by atoms with E-state index in [1.807, 2.05) is 43.5 Å². The fourth-order valence-electron chi connectivity index (χ4n) is 4.26. The number of likely N-dealkylation sites (N-methyl/N-ethyl adjacent to an activating group) is 1. The lowest BCUT2D eigenvalue weighted by Crippen LogP contribution is -2.44. The Balaban J connectivity index is 1.40. The smallest absolute Gasteiger partial charge is 0.255 e. The molecule has 10 nitrogen and oxygen atoms in total. The number of carbonyl (C=O) groups excluding carboxylic acids is 1. The van der Waals surface area contributed by atoms with E-state index in [0.29, 0.717) is 22.6 Å². The third-order valence-corrected chi connectivity index (χ3v) is 6.48. The number of benzene rings is 2. The van der Waals surface area contributed by atoms with Crippen LogP contribution in [0.1, 0.15) is 21.5 Å².